The van der Waals surface area contributed by atoms with Gasteiger partial charge in [-0.1, -0.05) is 6.92 Å². The summed E-state index contributed by atoms with van der Waals surface area (Å²) in [6, 6.07) is 9.41. The summed E-state index contributed by atoms with van der Waals surface area (Å²) in [4.78, 5) is 27.1. The number of ether oxygens (including phenoxy) is 2. The molecule has 1 N–H and O–H groups in total. The van der Waals surface area contributed by atoms with Gasteiger partial charge in [0, 0.05) is 6.54 Å². The molecule has 1 aromatic heterocycles. The molecule has 1 saturated heterocycles. The summed E-state index contributed by atoms with van der Waals surface area (Å²) in [6.45, 7) is 6.33. The van der Waals surface area contributed by atoms with Crippen molar-refractivity contribution in [3.63, 3.8) is 0 Å². The molecule has 2 aromatic carbocycles. The molecule has 0 spiro atoms. The van der Waals surface area contributed by atoms with Gasteiger partial charge in [-0.3, -0.25) is 9.69 Å². The highest BCUT2D eigenvalue weighted by Gasteiger charge is 2.22. The zero-order valence-corrected chi connectivity index (χ0v) is 18.5. The molecule has 1 aliphatic rings. The fourth-order valence-corrected chi connectivity index (χ4v) is 4.00. The molecule has 32 heavy (non-hydrogen) atoms. The Morgan fingerprint density at radius 2 is 1.84 bits per heavy atom. The topological polar surface area (TPSA) is 89.2 Å². The van der Waals surface area contributed by atoms with E-state index in [1.54, 1.807) is 37.3 Å². The number of hydrogen-bond acceptors (Lipinski definition) is 7. The Hall–Kier alpha value is -3.32. The van der Waals surface area contributed by atoms with Crippen LogP contribution in [0.4, 0.5) is 0 Å². The van der Waals surface area contributed by atoms with Crippen LogP contribution in [0.15, 0.2) is 45.6 Å². The molecule has 0 radical (unpaired) electrons. The Bertz CT molecular complexity index is 1190. The number of nitrogens with zero attached hydrogens (tertiary/aromatic N) is 1. The Kier molecular flexibility index (Phi) is 6.19. The van der Waals surface area contributed by atoms with E-state index in [9.17, 15) is 14.7 Å². The number of likely N-dealkylation sites (tertiary alicyclic amines) is 1. The van der Waals surface area contributed by atoms with Crippen LogP contribution in [-0.2, 0) is 11.3 Å². The van der Waals surface area contributed by atoms with Gasteiger partial charge in [0.25, 0.3) is 0 Å². The first-order valence-electron chi connectivity index (χ1n) is 10.7. The van der Waals surface area contributed by atoms with Crippen LogP contribution in [0, 0.1) is 12.8 Å². The number of phenolic OH excluding ortho intramolecular Hbond substituents is 1. The summed E-state index contributed by atoms with van der Waals surface area (Å²) in [6.07, 6.45) is 2.22. The van der Waals surface area contributed by atoms with Gasteiger partial charge in [-0.25, -0.2) is 4.79 Å². The average molecular weight is 437 g/mol. The monoisotopic (exact) mass is 437 g/mol. The molecule has 4 rings (SSSR count). The summed E-state index contributed by atoms with van der Waals surface area (Å²) >= 11 is 0. The molecule has 3 aromatic rings. The number of methoxy groups -OCH3 is 1. The summed E-state index contributed by atoms with van der Waals surface area (Å²) in [5, 5.41) is 10.9. The van der Waals surface area contributed by atoms with Gasteiger partial charge in [0.2, 0.25) is 11.2 Å². The molecule has 0 aliphatic carbocycles. The fourth-order valence-electron chi connectivity index (χ4n) is 4.00. The number of aromatic hydroxyl groups is 1. The number of carbonyl (C=O) groups is 1. The SMILES string of the molecule is COC(=O)c1ccc(Oc2c(C)oc3c(CN4CCC(C)CC4)c(O)ccc3c2=O)cc1. The third kappa shape index (κ3) is 4.34. The van der Waals surface area contributed by atoms with Gasteiger partial charge >= 0.3 is 5.97 Å². The molecule has 1 fully saturated rings. The fraction of sp³-hybridized carbons (Fsp3) is 0.360. The predicted molar refractivity (Wildman–Crippen MR) is 120 cm³/mol. The van der Waals surface area contributed by atoms with Crippen LogP contribution in [-0.4, -0.2) is 36.2 Å². The second-order valence-electron chi connectivity index (χ2n) is 8.33. The smallest absolute Gasteiger partial charge is 0.337 e. The van der Waals surface area contributed by atoms with Gasteiger partial charge < -0.3 is 19.0 Å². The molecule has 0 atom stereocenters. The van der Waals surface area contributed by atoms with Crippen molar-refractivity contribution in [3.8, 4) is 17.2 Å². The van der Waals surface area contributed by atoms with E-state index in [2.05, 4.69) is 11.8 Å². The van der Waals surface area contributed by atoms with E-state index >= 15 is 0 Å². The first kappa shape index (κ1) is 21.9. The predicted octanol–water partition coefficient (Wildman–Crippen LogP) is 4.62. The highest BCUT2D eigenvalue weighted by molar-refractivity contribution is 5.89. The molecule has 0 bridgehead atoms. The van der Waals surface area contributed by atoms with Gasteiger partial charge in [-0.15, -0.1) is 0 Å². The summed E-state index contributed by atoms with van der Waals surface area (Å²) in [5.41, 5.74) is 1.08. The highest BCUT2D eigenvalue weighted by atomic mass is 16.5. The molecule has 7 heteroatoms. The van der Waals surface area contributed by atoms with E-state index in [1.165, 1.54) is 13.2 Å². The molecule has 0 unspecified atom stereocenters. The maximum atomic E-state index is 13.2. The standard InChI is InChI=1S/C25H27NO6/c1-15-10-12-26(13-11-15)14-20-21(27)9-8-19-22(28)23(16(2)31-24(19)20)32-18-6-4-17(5-7-18)25(29)30-3/h4-9,15,27H,10-14H2,1-3H3. The molecule has 2 heterocycles. The lowest BCUT2D eigenvalue weighted by Gasteiger charge is -2.30. The summed E-state index contributed by atoms with van der Waals surface area (Å²) < 4.78 is 16.5. The number of rotatable bonds is 5. The Morgan fingerprint density at radius 1 is 1.16 bits per heavy atom. The van der Waals surface area contributed by atoms with Gasteiger partial charge in [0.05, 0.1) is 23.6 Å². The Balaban J connectivity index is 1.67. The van der Waals surface area contributed by atoms with Crippen LogP contribution in [0.2, 0.25) is 0 Å². The lowest BCUT2D eigenvalue weighted by atomic mass is 9.98. The van der Waals surface area contributed by atoms with Crippen molar-refractivity contribution < 1.29 is 23.8 Å². The minimum Gasteiger partial charge on any atom is -0.507 e. The van der Waals surface area contributed by atoms with Crippen molar-refractivity contribution >= 4 is 16.9 Å². The molecular formula is C25H27NO6. The van der Waals surface area contributed by atoms with Crippen LogP contribution >= 0.6 is 0 Å². The first-order valence-corrected chi connectivity index (χ1v) is 10.7. The maximum absolute atomic E-state index is 13.2. The molecule has 0 saturated carbocycles. The zero-order chi connectivity index (χ0) is 22.8. The second kappa shape index (κ2) is 9.04. The summed E-state index contributed by atoms with van der Waals surface area (Å²) in [5.74, 6) is 1.16. The van der Waals surface area contributed by atoms with Crippen molar-refractivity contribution in [1.29, 1.82) is 0 Å². The van der Waals surface area contributed by atoms with Crippen molar-refractivity contribution in [1.82, 2.24) is 4.90 Å². The van der Waals surface area contributed by atoms with Crippen molar-refractivity contribution in [2.45, 2.75) is 33.2 Å². The lowest BCUT2D eigenvalue weighted by Crippen LogP contribution is -2.32. The minimum absolute atomic E-state index is 0.0757. The van der Waals surface area contributed by atoms with E-state index < -0.39 is 5.97 Å². The molecular weight excluding hydrogens is 410 g/mol. The number of esters is 1. The Labute approximate surface area is 186 Å². The zero-order valence-electron chi connectivity index (χ0n) is 18.5. The van der Waals surface area contributed by atoms with E-state index in [0.717, 1.165) is 25.9 Å². The quantitative estimate of drug-likeness (QED) is 0.583. The van der Waals surface area contributed by atoms with Crippen LogP contribution in [0.5, 0.6) is 17.2 Å². The van der Waals surface area contributed by atoms with Gasteiger partial charge in [-0.05, 0) is 75.2 Å². The molecule has 1 aliphatic heterocycles. The number of fused-ring (bicyclic) bond motifs is 1. The molecule has 0 amide bonds. The van der Waals surface area contributed by atoms with Crippen LogP contribution in [0.3, 0.4) is 0 Å². The number of piperidine rings is 1. The largest absolute Gasteiger partial charge is 0.507 e. The average Bonchev–Trinajstić information content (AvgIpc) is 2.80. The van der Waals surface area contributed by atoms with Crippen LogP contribution in [0.1, 0.15) is 41.4 Å². The van der Waals surface area contributed by atoms with E-state index in [-0.39, 0.29) is 16.9 Å². The summed E-state index contributed by atoms with van der Waals surface area (Å²) in [7, 11) is 1.31. The molecule has 168 valence electrons. The third-order valence-corrected chi connectivity index (χ3v) is 6.01. The van der Waals surface area contributed by atoms with Crippen molar-refractivity contribution in [3.05, 3.63) is 63.5 Å². The highest BCUT2D eigenvalue weighted by Crippen LogP contribution is 2.32. The number of benzene rings is 2. The maximum Gasteiger partial charge on any atom is 0.337 e. The van der Waals surface area contributed by atoms with E-state index in [1.807, 2.05) is 0 Å². The third-order valence-electron chi connectivity index (χ3n) is 6.01. The first-order chi connectivity index (χ1) is 15.4. The minimum atomic E-state index is -0.451. The van der Waals surface area contributed by atoms with Gasteiger partial charge in [0.15, 0.2) is 0 Å². The van der Waals surface area contributed by atoms with Gasteiger partial charge in [0.1, 0.15) is 22.8 Å². The Morgan fingerprint density at radius 3 is 2.50 bits per heavy atom. The number of aryl methyl sites for hydroxylation is 1. The van der Waals surface area contributed by atoms with Crippen LogP contribution in [0.25, 0.3) is 11.0 Å². The van der Waals surface area contributed by atoms with Crippen molar-refractivity contribution in [2.24, 2.45) is 5.92 Å². The van der Waals surface area contributed by atoms with Gasteiger partial charge in [-0.2, -0.15) is 0 Å². The van der Waals surface area contributed by atoms with E-state index in [0.29, 0.717) is 46.1 Å². The van der Waals surface area contributed by atoms with Crippen molar-refractivity contribution in [2.75, 3.05) is 20.2 Å². The second-order valence-corrected chi connectivity index (χ2v) is 8.33. The number of hydrogen-bond donors (Lipinski definition) is 1. The normalized spacial score (nSPS) is 15.1. The van der Waals surface area contributed by atoms with Crippen LogP contribution < -0.4 is 10.2 Å². The number of carbonyl (C=O) groups excluding carboxylic acids is 1. The number of phenols is 1. The lowest BCUT2D eigenvalue weighted by molar-refractivity contribution is 0.0600. The van der Waals surface area contributed by atoms with E-state index in [4.69, 9.17) is 13.9 Å². The molecule has 7 nitrogen and oxygen atoms in total.